The van der Waals surface area contributed by atoms with Gasteiger partial charge in [-0.25, -0.2) is 4.39 Å². The number of nitrogens with zero attached hydrogens (tertiary/aromatic N) is 1. The molecule has 7 heteroatoms. The van der Waals surface area contributed by atoms with Crippen LogP contribution in [0.15, 0.2) is 36.4 Å². The van der Waals surface area contributed by atoms with Crippen molar-refractivity contribution in [1.29, 1.82) is 0 Å². The third-order valence-electron chi connectivity index (χ3n) is 2.82. The second-order valence-corrected chi connectivity index (χ2v) is 4.37. The van der Waals surface area contributed by atoms with Crippen molar-refractivity contribution >= 4 is 17.3 Å². The number of nitro groups is 1. The topological polar surface area (TPSA) is 92.5 Å². The minimum atomic E-state index is -0.874. The molecule has 21 heavy (non-hydrogen) atoms. The third-order valence-corrected chi connectivity index (χ3v) is 2.82. The normalized spacial score (nSPS) is 10.2. The molecule has 2 N–H and O–H groups in total. The summed E-state index contributed by atoms with van der Waals surface area (Å²) in [6, 6.07) is 7.53. The van der Waals surface area contributed by atoms with Crippen LogP contribution in [0, 0.1) is 22.9 Å². The summed E-state index contributed by atoms with van der Waals surface area (Å²) in [5.74, 6) is -2.09. The first-order valence-corrected chi connectivity index (χ1v) is 5.94. The zero-order chi connectivity index (χ0) is 15.6. The number of aryl methyl sites for hydroxylation is 1. The van der Waals surface area contributed by atoms with E-state index in [0.29, 0.717) is 5.56 Å². The quantitative estimate of drug-likeness (QED) is 0.516. The van der Waals surface area contributed by atoms with Crippen LogP contribution in [0.3, 0.4) is 0 Å². The molecule has 0 atom stereocenters. The number of halogens is 1. The Morgan fingerprint density at radius 1 is 1.33 bits per heavy atom. The fraction of sp³-hybridized carbons (Fsp3) is 0.0714. The molecule has 2 aromatic rings. The number of rotatable bonds is 3. The predicted octanol–water partition coefficient (Wildman–Crippen LogP) is 3.00. The third kappa shape index (κ3) is 2.97. The minimum Gasteiger partial charge on any atom is -0.505 e. The van der Waals surface area contributed by atoms with Crippen LogP contribution in [0.4, 0.5) is 15.8 Å². The molecule has 0 aromatic heterocycles. The van der Waals surface area contributed by atoms with E-state index < -0.39 is 28.1 Å². The molecule has 0 heterocycles. The van der Waals surface area contributed by atoms with Crippen molar-refractivity contribution in [1.82, 2.24) is 0 Å². The largest absolute Gasteiger partial charge is 0.505 e. The molecule has 0 saturated carbocycles. The number of phenols is 1. The van der Waals surface area contributed by atoms with E-state index in [4.69, 9.17) is 0 Å². The molecule has 0 unspecified atom stereocenters. The lowest BCUT2D eigenvalue weighted by atomic mass is 10.1. The Labute approximate surface area is 119 Å². The maximum Gasteiger partial charge on any atom is 0.296 e. The highest BCUT2D eigenvalue weighted by atomic mass is 19.1. The van der Waals surface area contributed by atoms with Gasteiger partial charge >= 0.3 is 0 Å². The van der Waals surface area contributed by atoms with Crippen LogP contribution >= 0.6 is 0 Å². The highest BCUT2D eigenvalue weighted by Gasteiger charge is 2.21. The summed E-state index contributed by atoms with van der Waals surface area (Å²) in [6.45, 7) is 1.68. The molecule has 1 amide bonds. The van der Waals surface area contributed by atoms with Gasteiger partial charge in [0.25, 0.3) is 11.6 Å². The van der Waals surface area contributed by atoms with Crippen LogP contribution in [0.1, 0.15) is 15.9 Å². The Morgan fingerprint density at radius 2 is 2.05 bits per heavy atom. The molecule has 6 nitrogen and oxygen atoms in total. The summed E-state index contributed by atoms with van der Waals surface area (Å²) in [6.07, 6.45) is 0. The molecule has 0 aliphatic rings. The maximum absolute atomic E-state index is 13.6. The van der Waals surface area contributed by atoms with Crippen molar-refractivity contribution in [2.45, 2.75) is 6.92 Å². The molecule has 0 spiro atoms. The molecule has 0 aliphatic carbocycles. The smallest absolute Gasteiger partial charge is 0.296 e. The van der Waals surface area contributed by atoms with Gasteiger partial charge in [0.05, 0.1) is 10.5 Å². The van der Waals surface area contributed by atoms with E-state index in [2.05, 4.69) is 5.32 Å². The molecule has 0 bridgehead atoms. The van der Waals surface area contributed by atoms with Gasteiger partial charge in [-0.05, 0) is 25.1 Å². The van der Waals surface area contributed by atoms with Crippen LogP contribution in [-0.4, -0.2) is 15.9 Å². The second kappa shape index (κ2) is 5.58. The number of amides is 1. The van der Waals surface area contributed by atoms with Gasteiger partial charge in [-0.3, -0.25) is 14.9 Å². The van der Waals surface area contributed by atoms with Crippen molar-refractivity contribution in [2.24, 2.45) is 0 Å². The summed E-state index contributed by atoms with van der Waals surface area (Å²) in [7, 11) is 0. The van der Waals surface area contributed by atoms with E-state index in [-0.39, 0.29) is 11.3 Å². The summed E-state index contributed by atoms with van der Waals surface area (Å²) in [4.78, 5) is 22.2. The van der Waals surface area contributed by atoms with Crippen LogP contribution in [0.2, 0.25) is 0 Å². The van der Waals surface area contributed by atoms with E-state index in [0.717, 1.165) is 12.1 Å². The first kappa shape index (κ1) is 14.4. The van der Waals surface area contributed by atoms with Gasteiger partial charge in [-0.1, -0.05) is 17.7 Å². The molecule has 0 fully saturated rings. The van der Waals surface area contributed by atoms with Gasteiger partial charge in [0.2, 0.25) is 0 Å². The maximum atomic E-state index is 13.6. The van der Waals surface area contributed by atoms with Gasteiger partial charge < -0.3 is 10.4 Å². The molecule has 2 rings (SSSR count). The van der Waals surface area contributed by atoms with E-state index in [1.165, 1.54) is 24.3 Å². The second-order valence-electron chi connectivity index (χ2n) is 4.37. The number of hydrogen-bond acceptors (Lipinski definition) is 4. The number of para-hydroxylation sites is 1. The molecular formula is C14H11FN2O4. The summed E-state index contributed by atoms with van der Waals surface area (Å²) in [5, 5.41) is 22.7. The fourth-order valence-electron chi connectivity index (χ4n) is 1.80. The number of carbonyl (C=O) groups is 1. The number of anilines is 1. The van der Waals surface area contributed by atoms with Crippen molar-refractivity contribution in [2.75, 3.05) is 5.32 Å². The minimum absolute atomic E-state index is 0.257. The van der Waals surface area contributed by atoms with Gasteiger partial charge in [0, 0.05) is 6.07 Å². The highest BCUT2D eigenvalue weighted by Crippen LogP contribution is 2.33. The molecule has 0 radical (unpaired) electrons. The summed E-state index contributed by atoms with van der Waals surface area (Å²) < 4.78 is 13.6. The van der Waals surface area contributed by atoms with Crippen LogP contribution in [0.5, 0.6) is 5.75 Å². The Kier molecular flexibility index (Phi) is 3.84. The Morgan fingerprint density at radius 3 is 2.71 bits per heavy atom. The van der Waals surface area contributed by atoms with Gasteiger partial charge in [-0.2, -0.15) is 0 Å². The average Bonchev–Trinajstić information content (AvgIpc) is 2.43. The van der Waals surface area contributed by atoms with Crippen LogP contribution in [0.25, 0.3) is 0 Å². The van der Waals surface area contributed by atoms with E-state index in [1.807, 2.05) is 0 Å². The monoisotopic (exact) mass is 290 g/mol. The Hall–Kier alpha value is -2.96. The van der Waals surface area contributed by atoms with Crippen molar-refractivity contribution in [3.63, 3.8) is 0 Å². The van der Waals surface area contributed by atoms with Crippen LogP contribution in [-0.2, 0) is 0 Å². The Bertz CT molecular complexity index is 731. The number of phenolic OH excluding ortho intramolecular Hbond substituents is 1. The first-order chi connectivity index (χ1) is 9.90. The fourth-order valence-corrected chi connectivity index (χ4v) is 1.80. The van der Waals surface area contributed by atoms with Gasteiger partial charge in [0.1, 0.15) is 11.6 Å². The molecule has 108 valence electrons. The summed E-state index contributed by atoms with van der Waals surface area (Å²) in [5.41, 5.74) is -0.439. The number of nitrogens with one attached hydrogen (secondary N) is 1. The van der Waals surface area contributed by atoms with Crippen molar-refractivity contribution in [3.8, 4) is 5.75 Å². The summed E-state index contributed by atoms with van der Waals surface area (Å²) >= 11 is 0. The SMILES string of the molecule is Cc1ccc(F)c(C(=O)Nc2c(O)cccc2[N+](=O)[O-])c1. The van der Waals surface area contributed by atoms with Gasteiger partial charge in [-0.15, -0.1) is 0 Å². The van der Waals surface area contributed by atoms with E-state index in [9.17, 15) is 24.4 Å². The first-order valence-electron chi connectivity index (χ1n) is 5.94. The van der Waals surface area contributed by atoms with E-state index >= 15 is 0 Å². The molecule has 2 aromatic carbocycles. The highest BCUT2D eigenvalue weighted by molar-refractivity contribution is 6.06. The van der Waals surface area contributed by atoms with Crippen LogP contribution < -0.4 is 5.32 Å². The lowest BCUT2D eigenvalue weighted by Crippen LogP contribution is -2.15. The van der Waals surface area contributed by atoms with Crippen molar-refractivity contribution in [3.05, 3.63) is 63.5 Å². The number of carbonyl (C=O) groups excluding carboxylic acids is 1. The lowest BCUT2D eigenvalue weighted by Gasteiger charge is -2.09. The molecule has 0 saturated heterocycles. The van der Waals surface area contributed by atoms with Gasteiger partial charge in [0.15, 0.2) is 5.69 Å². The molecular weight excluding hydrogens is 279 g/mol. The number of nitro benzene ring substituents is 1. The standard InChI is InChI=1S/C14H11FN2O4/c1-8-5-6-10(15)9(7-8)14(19)16-13-11(17(20)21)3-2-4-12(13)18/h2-7,18H,1H3,(H,16,19). The average molecular weight is 290 g/mol. The number of aromatic hydroxyl groups is 1. The number of hydrogen-bond donors (Lipinski definition) is 2. The molecule has 0 aliphatic heterocycles. The van der Waals surface area contributed by atoms with Crippen molar-refractivity contribution < 1.29 is 19.2 Å². The predicted molar refractivity (Wildman–Crippen MR) is 73.9 cm³/mol. The zero-order valence-corrected chi connectivity index (χ0v) is 11.0. The lowest BCUT2D eigenvalue weighted by molar-refractivity contribution is -0.384. The number of benzene rings is 2. The Balaban J connectivity index is 2.41. The van der Waals surface area contributed by atoms with E-state index in [1.54, 1.807) is 6.92 Å². The zero-order valence-electron chi connectivity index (χ0n) is 11.0.